The Morgan fingerprint density at radius 3 is 2.53 bits per heavy atom. The van der Waals surface area contributed by atoms with Gasteiger partial charge in [-0.05, 0) is 58.7 Å². The Morgan fingerprint density at radius 2 is 1.89 bits per heavy atom. The third-order valence-electron chi connectivity index (χ3n) is 3.61. The summed E-state index contributed by atoms with van der Waals surface area (Å²) in [7, 11) is 2.05. The molecule has 0 aromatic carbocycles. The Hall–Kier alpha value is -1.29. The summed E-state index contributed by atoms with van der Waals surface area (Å²) in [5, 5.41) is 6.89. The Balaban J connectivity index is 1.95. The first-order chi connectivity index (χ1) is 9.19. The number of rotatable bonds is 5. The highest BCUT2D eigenvalue weighted by Gasteiger charge is 2.21. The summed E-state index contributed by atoms with van der Waals surface area (Å²) in [6.07, 6.45) is 6.80. The molecule has 0 atom stereocenters. The van der Waals surface area contributed by atoms with E-state index in [0.29, 0.717) is 12.1 Å². The third-order valence-corrected chi connectivity index (χ3v) is 3.61. The molecule has 0 bridgehead atoms. The van der Waals surface area contributed by atoms with Crippen molar-refractivity contribution in [1.29, 1.82) is 0 Å². The van der Waals surface area contributed by atoms with Crippen molar-refractivity contribution in [3.8, 4) is 5.75 Å². The number of nitrogens with zero attached hydrogens (tertiary/aromatic N) is 1. The van der Waals surface area contributed by atoms with Crippen molar-refractivity contribution in [3.05, 3.63) is 18.3 Å². The zero-order valence-electron chi connectivity index (χ0n) is 12.1. The van der Waals surface area contributed by atoms with Crippen LogP contribution in [0.5, 0.6) is 5.75 Å². The second-order valence-corrected chi connectivity index (χ2v) is 5.50. The quantitative estimate of drug-likeness (QED) is 0.857. The van der Waals surface area contributed by atoms with Crippen LogP contribution in [-0.2, 0) is 0 Å². The predicted molar refractivity (Wildman–Crippen MR) is 78.7 cm³/mol. The number of hydrogen-bond acceptors (Lipinski definition) is 4. The topological polar surface area (TPSA) is 46.2 Å². The predicted octanol–water partition coefficient (Wildman–Crippen LogP) is 2.81. The second-order valence-electron chi connectivity index (χ2n) is 5.50. The first-order valence-electron chi connectivity index (χ1n) is 7.24. The van der Waals surface area contributed by atoms with Crippen LogP contribution in [0.3, 0.4) is 0 Å². The van der Waals surface area contributed by atoms with Gasteiger partial charge < -0.3 is 15.4 Å². The van der Waals surface area contributed by atoms with Crippen molar-refractivity contribution in [1.82, 2.24) is 10.3 Å². The van der Waals surface area contributed by atoms with Crippen LogP contribution in [0.4, 0.5) is 5.82 Å². The average Bonchev–Trinajstić information content (AvgIpc) is 2.41. The molecule has 4 nitrogen and oxygen atoms in total. The highest BCUT2D eigenvalue weighted by atomic mass is 16.5. The van der Waals surface area contributed by atoms with Crippen LogP contribution in [0, 0.1) is 0 Å². The van der Waals surface area contributed by atoms with Crippen molar-refractivity contribution < 1.29 is 4.74 Å². The molecule has 0 aliphatic heterocycles. The van der Waals surface area contributed by atoms with E-state index in [2.05, 4.69) is 15.6 Å². The minimum absolute atomic E-state index is 0.171. The number of hydrogen-bond donors (Lipinski definition) is 2. The summed E-state index contributed by atoms with van der Waals surface area (Å²) in [5.74, 6) is 1.73. The lowest BCUT2D eigenvalue weighted by Crippen LogP contribution is -2.35. The summed E-state index contributed by atoms with van der Waals surface area (Å²) in [6.45, 7) is 4.07. The number of aromatic nitrogens is 1. The third kappa shape index (κ3) is 4.10. The van der Waals surface area contributed by atoms with Crippen LogP contribution in [0.25, 0.3) is 0 Å². The largest absolute Gasteiger partial charge is 0.487 e. The number of ether oxygens (including phenoxy) is 1. The second kappa shape index (κ2) is 6.75. The molecule has 106 valence electrons. The minimum atomic E-state index is 0.171. The SMILES string of the molecule is CNC1CCC(Nc2ncccc2OC(C)C)CC1. The zero-order chi connectivity index (χ0) is 13.7. The molecule has 0 amide bonds. The van der Waals surface area contributed by atoms with Crippen molar-refractivity contribution in [2.75, 3.05) is 12.4 Å². The molecule has 1 aromatic rings. The van der Waals surface area contributed by atoms with E-state index in [1.165, 1.54) is 25.7 Å². The molecule has 2 N–H and O–H groups in total. The molecule has 0 unspecified atom stereocenters. The van der Waals surface area contributed by atoms with Crippen molar-refractivity contribution >= 4 is 5.82 Å². The summed E-state index contributed by atoms with van der Waals surface area (Å²) in [6, 6.07) is 5.08. The monoisotopic (exact) mass is 263 g/mol. The fourth-order valence-corrected chi connectivity index (χ4v) is 2.57. The van der Waals surface area contributed by atoms with Gasteiger partial charge in [-0.15, -0.1) is 0 Å². The van der Waals surface area contributed by atoms with Crippen LogP contribution < -0.4 is 15.4 Å². The van der Waals surface area contributed by atoms with E-state index in [4.69, 9.17) is 4.74 Å². The molecule has 1 aliphatic rings. The van der Waals surface area contributed by atoms with E-state index in [-0.39, 0.29) is 6.10 Å². The fourth-order valence-electron chi connectivity index (χ4n) is 2.57. The molecule has 4 heteroatoms. The number of pyridine rings is 1. The molecule has 2 rings (SSSR count). The molecule has 1 aliphatic carbocycles. The fraction of sp³-hybridized carbons (Fsp3) is 0.667. The zero-order valence-corrected chi connectivity index (χ0v) is 12.1. The smallest absolute Gasteiger partial charge is 0.168 e. The first kappa shape index (κ1) is 14.1. The number of anilines is 1. The van der Waals surface area contributed by atoms with Crippen molar-refractivity contribution in [2.24, 2.45) is 0 Å². The van der Waals surface area contributed by atoms with Gasteiger partial charge >= 0.3 is 0 Å². The maximum absolute atomic E-state index is 5.79. The maximum Gasteiger partial charge on any atom is 0.168 e. The minimum Gasteiger partial charge on any atom is -0.487 e. The van der Waals surface area contributed by atoms with Gasteiger partial charge in [-0.1, -0.05) is 0 Å². The molecule has 1 saturated carbocycles. The molecular formula is C15H25N3O. The van der Waals surface area contributed by atoms with Gasteiger partial charge in [-0.25, -0.2) is 4.98 Å². The van der Waals surface area contributed by atoms with Crippen molar-refractivity contribution in [3.63, 3.8) is 0 Å². The van der Waals surface area contributed by atoms with Crippen molar-refractivity contribution in [2.45, 2.75) is 57.7 Å². The lowest BCUT2D eigenvalue weighted by atomic mass is 9.91. The summed E-state index contributed by atoms with van der Waals surface area (Å²) < 4.78 is 5.79. The Labute approximate surface area is 116 Å². The standard InChI is InChI=1S/C15H25N3O/c1-11(2)19-14-5-4-10-17-15(14)18-13-8-6-12(16-3)7-9-13/h4-5,10-13,16H,6-9H2,1-3H3,(H,17,18). The highest BCUT2D eigenvalue weighted by Crippen LogP contribution is 2.27. The summed E-state index contributed by atoms with van der Waals surface area (Å²) in [4.78, 5) is 4.41. The van der Waals surface area contributed by atoms with Gasteiger partial charge in [0, 0.05) is 18.3 Å². The summed E-state index contributed by atoms with van der Waals surface area (Å²) in [5.41, 5.74) is 0. The van der Waals surface area contributed by atoms with Crippen LogP contribution in [0.15, 0.2) is 18.3 Å². The van der Waals surface area contributed by atoms with Gasteiger partial charge in [0.15, 0.2) is 11.6 Å². The number of nitrogens with one attached hydrogen (secondary N) is 2. The molecule has 19 heavy (non-hydrogen) atoms. The summed E-state index contributed by atoms with van der Waals surface area (Å²) >= 11 is 0. The molecule has 0 saturated heterocycles. The first-order valence-corrected chi connectivity index (χ1v) is 7.24. The van der Waals surface area contributed by atoms with Gasteiger partial charge in [0.1, 0.15) is 0 Å². The van der Waals surface area contributed by atoms with Crippen LogP contribution in [0.2, 0.25) is 0 Å². The van der Waals surface area contributed by atoms with E-state index in [1.807, 2.05) is 39.2 Å². The lowest BCUT2D eigenvalue weighted by molar-refractivity contribution is 0.242. The van der Waals surface area contributed by atoms with E-state index in [1.54, 1.807) is 0 Å². The molecule has 1 aromatic heterocycles. The average molecular weight is 263 g/mol. The maximum atomic E-state index is 5.79. The van der Waals surface area contributed by atoms with E-state index in [9.17, 15) is 0 Å². The normalized spacial score (nSPS) is 23.4. The van der Waals surface area contributed by atoms with Gasteiger partial charge in [0.2, 0.25) is 0 Å². The van der Waals surface area contributed by atoms with Crippen LogP contribution in [-0.4, -0.2) is 30.2 Å². The Morgan fingerprint density at radius 1 is 1.21 bits per heavy atom. The van der Waals surface area contributed by atoms with E-state index in [0.717, 1.165) is 11.6 Å². The lowest BCUT2D eigenvalue weighted by Gasteiger charge is -2.29. The molecule has 1 fully saturated rings. The van der Waals surface area contributed by atoms with Gasteiger partial charge in [-0.3, -0.25) is 0 Å². The van der Waals surface area contributed by atoms with E-state index < -0.39 is 0 Å². The Kier molecular flexibility index (Phi) is 5.02. The molecule has 0 spiro atoms. The van der Waals surface area contributed by atoms with E-state index >= 15 is 0 Å². The Bertz CT molecular complexity index is 387. The highest BCUT2D eigenvalue weighted by molar-refractivity contribution is 5.50. The van der Waals surface area contributed by atoms with Gasteiger partial charge in [0.25, 0.3) is 0 Å². The van der Waals surface area contributed by atoms with Crippen LogP contribution >= 0.6 is 0 Å². The molecule has 0 radical (unpaired) electrons. The molecule has 1 heterocycles. The van der Waals surface area contributed by atoms with Gasteiger partial charge in [0.05, 0.1) is 6.10 Å². The van der Waals surface area contributed by atoms with Crippen LogP contribution in [0.1, 0.15) is 39.5 Å². The van der Waals surface area contributed by atoms with Gasteiger partial charge in [-0.2, -0.15) is 0 Å². The molecular weight excluding hydrogens is 238 g/mol.